The molecule has 0 saturated heterocycles. The molecule has 2 rings (SSSR count). The number of aromatic amines is 1. The number of aromatic nitrogens is 5. The van der Waals surface area contributed by atoms with Crippen LogP contribution in [-0.2, 0) is 6.42 Å². The van der Waals surface area contributed by atoms with Crippen LogP contribution in [-0.4, -0.2) is 25.0 Å². The lowest BCUT2D eigenvalue weighted by Gasteiger charge is -1.95. The standard InChI is InChI=1S/C9H13N5/c1-4-8-10-9(12-11-8)14-7(3)5-6(2)13-14/h5H,4H2,1-3H3,(H,10,11,12). The molecular weight excluding hydrogens is 178 g/mol. The Morgan fingerprint density at radius 1 is 1.43 bits per heavy atom. The topological polar surface area (TPSA) is 59.4 Å². The lowest BCUT2D eigenvalue weighted by atomic mass is 10.4. The van der Waals surface area contributed by atoms with Gasteiger partial charge in [0.2, 0.25) is 0 Å². The minimum atomic E-state index is 0.618. The van der Waals surface area contributed by atoms with E-state index in [2.05, 4.69) is 20.3 Å². The molecule has 0 aliphatic heterocycles. The highest BCUT2D eigenvalue weighted by Gasteiger charge is 2.08. The van der Waals surface area contributed by atoms with E-state index in [1.54, 1.807) is 4.68 Å². The van der Waals surface area contributed by atoms with Gasteiger partial charge in [-0.25, -0.2) is 4.68 Å². The van der Waals surface area contributed by atoms with E-state index in [0.717, 1.165) is 23.6 Å². The maximum atomic E-state index is 4.31. The third-order valence-corrected chi connectivity index (χ3v) is 2.05. The number of aryl methyl sites for hydroxylation is 3. The van der Waals surface area contributed by atoms with Crippen LogP contribution in [0.3, 0.4) is 0 Å². The van der Waals surface area contributed by atoms with E-state index >= 15 is 0 Å². The number of nitrogens with one attached hydrogen (secondary N) is 1. The van der Waals surface area contributed by atoms with Crippen molar-refractivity contribution in [3.63, 3.8) is 0 Å². The minimum Gasteiger partial charge on any atom is -0.261 e. The van der Waals surface area contributed by atoms with E-state index < -0.39 is 0 Å². The molecule has 1 N–H and O–H groups in total. The molecular formula is C9H13N5. The fraction of sp³-hybridized carbons (Fsp3) is 0.444. The van der Waals surface area contributed by atoms with Gasteiger partial charge < -0.3 is 0 Å². The molecule has 0 amide bonds. The molecule has 5 heteroatoms. The van der Waals surface area contributed by atoms with Crippen LogP contribution in [0.4, 0.5) is 0 Å². The normalized spacial score (nSPS) is 10.8. The van der Waals surface area contributed by atoms with Crippen LogP contribution in [0.2, 0.25) is 0 Å². The molecule has 0 aliphatic rings. The molecule has 0 bridgehead atoms. The van der Waals surface area contributed by atoms with Crippen molar-refractivity contribution in [2.24, 2.45) is 0 Å². The van der Waals surface area contributed by atoms with Gasteiger partial charge in [-0.2, -0.15) is 10.1 Å². The zero-order chi connectivity index (χ0) is 10.1. The number of rotatable bonds is 2. The van der Waals surface area contributed by atoms with Crippen LogP contribution in [0.1, 0.15) is 24.1 Å². The SMILES string of the molecule is CCc1nc(-n2nc(C)cc2C)n[nH]1. The quantitative estimate of drug-likeness (QED) is 0.775. The second kappa shape index (κ2) is 3.25. The van der Waals surface area contributed by atoms with Crippen LogP contribution < -0.4 is 0 Å². The van der Waals surface area contributed by atoms with E-state index in [1.807, 2.05) is 26.8 Å². The van der Waals surface area contributed by atoms with Crippen molar-refractivity contribution < 1.29 is 0 Å². The molecule has 74 valence electrons. The fourth-order valence-corrected chi connectivity index (χ4v) is 1.37. The molecule has 0 fully saturated rings. The second-order valence-electron chi connectivity index (χ2n) is 3.27. The van der Waals surface area contributed by atoms with Gasteiger partial charge >= 0.3 is 0 Å². The van der Waals surface area contributed by atoms with Crippen LogP contribution in [0, 0.1) is 13.8 Å². The summed E-state index contributed by atoms with van der Waals surface area (Å²) < 4.78 is 1.74. The molecule has 0 atom stereocenters. The average molecular weight is 191 g/mol. The van der Waals surface area contributed by atoms with Gasteiger partial charge in [-0.05, 0) is 19.9 Å². The Kier molecular flexibility index (Phi) is 2.07. The summed E-state index contributed by atoms with van der Waals surface area (Å²) in [6.45, 7) is 5.98. The van der Waals surface area contributed by atoms with Gasteiger partial charge in [-0.15, -0.1) is 5.10 Å². The first kappa shape index (κ1) is 8.93. The number of hydrogen-bond acceptors (Lipinski definition) is 3. The van der Waals surface area contributed by atoms with Crippen molar-refractivity contribution >= 4 is 0 Å². The summed E-state index contributed by atoms with van der Waals surface area (Å²) in [4.78, 5) is 4.31. The maximum Gasteiger partial charge on any atom is 0.269 e. The summed E-state index contributed by atoms with van der Waals surface area (Å²) in [5, 5.41) is 11.3. The van der Waals surface area contributed by atoms with Crippen molar-refractivity contribution in [3.05, 3.63) is 23.3 Å². The Balaban J connectivity index is 2.43. The first-order chi connectivity index (χ1) is 6.70. The number of H-pyrrole nitrogens is 1. The second-order valence-corrected chi connectivity index (χ2v) is 3.27. The molecule has 0 radical (unpaired) electrons. The van der Waals surface area contributed by atoms with Gasteiger partial charge in [0.15, 0.2) is 0 Å². The highest BCUT2D eigenvalue weighted by atomic mass is 15.4. The van der Waals surface area contributed by atoms with Gasteiger partial charge in [0.25, 0.3) is 5.95 Å². The largest absolute Gasteiger partial charge is 0.269 e. The molecule has 0 saturated carbocycles. The molecule has 0 spiro atoms. The van der Waals surface area contributed by atoms with Gasteiger partial charge in [-0.1, -0.05) is 6.92 Å². The summed E-state index contributed by atoms with van der Waals surface area (Å²) in [5.74, 6) is 1.50. The minimum absolute atomic E-state index is 0.618. The first-order valence-corrected chi connectivity index (χ1v) is 4.65. The van der Waals surface area contributed by atoms with E-state index in [9.17, 15) is 0 Å². The average Bonchev–Trinajstić information content (AvgIpc) is 2.71. The lowest BCUT2D eigenvalue weighted by Crippen LogP contribution is -2.01. The van der Waals surface area contributed by atoms with Crippen LogP contribution in [0.15, 0.2) is 6.07 Å². The van der Waals surface area contributed by atoms with Crippen LogP contribution in [0.5, 0.6) is 0 Å². The third kappa shape index (κ3) is 1.41. The predicted molar refractivity (Wildman–Crippen MR) is 52.4 cm³/mol. The van der Waals surface area contributed by atoms with Crippen LogP contribution >= 0.6 is 0 Å². The third-order valence-electron chi connectivity index (χ3n) is 2.05. The van der Waals surface area contributed by atoms with E-state index in [1.165, 1.54) is 0 Å². The summed E-state index contributed by atoms with van der Waals surface area (Å²) in [6.07, 6.45) is 0.853. The first-order valence-electron chi connectivity index (χ1n) is 4.65. The summed E-state index contributed by atoms with van der Waals surface area (Å²) in [7, 11) is 0. The Morgan fingerprint density at radius 3 is 2.71 bits per heavy atom. The maximum absolute atomic E-state index is 4.31. The molecule has 0 aromatic carbocycles. The lowest BCUT2D eigenvalue weighted by molar-refractivity contribution is 0.778. The Bertz CT molecular complexity index is 440. The van der Waals surface area contributed by atoms with E-state index in [0.29, 0.717) is 5.95 Å². The Morgan fingerprint density at radius 2 is 2.21 bits per heavy atom. The molecule has 2 aromatic rings. The van der Waals surface area contributed by atoms with Crippen molar-refractivity contribution in [2.45, 2.75) is 27.2 Å². The Hall–Kier alpha value is -1.65. The zero-order valence-electron chi connectivity index (χ0n) is 8.57. The fourth-order valence-electron chi connectivity index (χ4n) is 1.37. The highest BCUT2D eigenvalue weighted by Crippen LogP contribution is 2.07. The van der Waals surface area contributed by atoms with Crippen molar-refractivity contribution in [1.82, 2.24) is 25.0 Å². The van der Waals surface area contributed by atoms with Gasteiger partial charge in [-0.3, -0.25) is 5.10 Å². The summed E-state index contributed by atoms with van der Waals surface area (Å²) in [6, 6.07) is 2.00. The van der Waals surface area contributed by atoms with Gasteiger partial charge in [0.05, 0.1) is 5.69 Å². The highest BCUT2D eigenvalue weighted by molar-refractivity contribution is 5.17. The van der Waals surface area contributed by atoms with E-state index in [4.69, 9.17) is 0 Å². The summed E-state index contributed by atoms with van der Waals surface area (Å²) in [5.41, 5.74) is 2.02. The molecule has 0 aliphatic carbocycles. The molecule has 0 unspecified atom stereocenters. The number of hydrogen-bond donors (Lipinski definition) is 1. The van der Waals surface area contributed by atoms with Crippen LogP contribution in [0.25, 0.3) is 5.95 Å². The smallest absolute Gasteiger partial charge is 0.261 e. The number of nitrogens with zero attached hydrogens (tertiary/aromatic N) is 4. The molecule has 5 nitrogen and oxygen atoms in total. The van der Waals surface area contributed by atoms with Crippen molar-refractivity contribution in [2.75, 3.05) is 0 Å². The molecule has 14 heavy (non-hydrogen) atoms. The van der Waals surface area contributed by atoms with Gasteiger partial charge in [0.1, 0.15) is 5.82 Å². The van der Waals surface area contributed by atoms with Crippen molar-refractivity contribution in [1.29, 1.82) is 0 Å². The van der Waals surface area contributed by atoms with Gasteiger partial charge in [0, 0.05) is 12.1 Å². The van der Waals surface area contributed by atoms with Crippen molar-refractivity contribution in [3.8, 4) is 5.95 Å². The molecule has 2 aromatic heterocycles. The van der Waals surface area contributed by atoms with E-state index in [-0.39, 0.29) is 0 Å². The Labute approximate surface area is 82.2 Å². The monoisotopic (exact) mass is 191 g/mol. The zero-order valence-corrected chi connectivity index (χ0v) is 8.57. The predicted octanol–water partition coefficient (Wildman–Crippen LogP) is 1.17. The summed E-state index contributed by atoms with van der Waals surface area (Å²) >= 11 is 0. The molecule has 2 heterocycles.